The van der Waals surface area contributed by atoms with Crippen LogP contribution in [0.2, 0.25) is 0 Å². The molecular formula is C28H39NO5S. The van der Waals surface area contributed by atoms with E-state index in [1.54, 1.807) is 11.3 Å². The molecular weight excluding hydrogens is 462 g/mol. The molecule has 1 unspecified atom stereocenters. The molecule has 0 amide bonds. The standard InChI is InChI=1S/C28H39NO5S/c1-4-29-34-25(31)14-8-6-5-7-12-22-23(27(33)28(2,3)26(22)32)16-15-20(30)18-21-17-19-11-9-10-13-24(19)35-21/h5,7,9-11,13,17,20,22-23,27,29-30,33H,4,6,8,12,14-16,18H2,1-3H3/t20?,22-,23-,27+/m1/s1. The summed E-state index contributed by atoms with van der Waals surface area (Å²) in [7, 11) is 0. The third-order valence-electron chi connectivity index (χ3n) is 7.02. The first-order valence-corrected chi connectivity index (χ1v) is 13.5. The number of thiophene rings is 1. The van der Waals surface area contributed by atoms with E-state index >= 15 is 0 Å². The Bertz CT molecular complexity index is 981. The molecule has 0 saturated heterocycles. The summed E-state index contributed by atoms with van der Waals surface area (Å²) in [5.74, 6) is -0.612. The van der Waals surface area contributed by atoms with Gasteiger partial charge < -0.3 is 15.1 Å². The van der Waals surface area contributed by atoms with Crippen LogP contribution in [0.15, 0.2) is 42.5 Å². The number of hydrogen-bond donors (Lipinski definition) is 3. The Balaban J connectivity index is 1.50. The van der Waals surface area contributed by atoms with Gasteiger partial charge in [-0.05, 0) is 62.5 Å². The van der Waals surface area contributed by atoms with E-state index in [4.69, 9.17) is 4.84 Å². The summed E-state index contributed by atoms with van der Waals surface area (Å²) >= 11 is 1.70. The van der Waals surface area contributed by atoms with Crippen molar-refractivity contribution in [2.45, 2.75) is 77.9 Å². The molecule has 3 rings (SSSR count). The van der Waals surface area contributed by atoms with E-state index in [1.807, 2.05) is 45.1 Å². The molecule has 4 atom stereocenters. The molecule has 1 saturated carbocycles. The van der Waals surface area contributed by atoms with Gasteiger partial charge in [0.05, 0.1) is 12.2 Å². The Labute approximate surface area is 212 Å². The van der Waals surface area contributed by atoms with Crippen LogP contribution >= 0.6 is 11.3 Å². The molecule has 1 aromatic carbocycles. The van der Waals surface area contributed by atoms with Crippen LogP contribution < -0.4 is 5.48 Å². The van der Waals surface area contributed by atoms with Gasteiger partial charge in [-0.15, -0.1) is 11.3 Å². The molecule has 1 aromatic heterocycles. The van der Waals surface area contributed by atoms with Gasteiger partial charge in [0.25, 0.3) is 0 Å². The number of benzene rings is 1. The van der Waals surface area contributed by atoms with E-state index in [-0.39, 0.29) is 23.6 Å². The zero-order valence-corrected chi connectivity index (χ0v) is 21.9. The summed E-state index contributed by atoms with van der Waals surface area (Å²) < 4.78 is 1.22. The van der Waals surface area contributed by atoms with Gasteiger partial charge in [-0.25, -0.2) is 0 Å². The van der Waals surface area contributed by atoms with E-state index in [1.165, 1.54) is 10.1 Å². The lowest BCUT2D eigenvalue weighted by molar-refractivity contribution is -0.151. The number of ketones is 1. The third-order valence-corrected chi connectivity index (χ3v) is 8.16. The first kappa shape index (κ1) is 27.5. The van der Waals surface area contributed by atoms with Crippen molar-refractivity contribution in [1.29, 1.82) is 0 Å². The average molecular weight is 502 g/mol. The van der Waals surface area contributed by atoms with Gasteiger partial charge in [0.2, 0.25) is 0 Å². The van der Waals surface area contributed by atoms with Crippen molar-refractivity contribution >= 4 is 33.2 Å². The summed E-state index contributed by atoms with van der Waals surface area (Å²) in [6.07, 6.45) is 6.83. The second-order valence-corrected chi connectivity index (χ2v) is 11.2. The van der Waals surface area contributed by atoms with Crippen LogP contribution in [0.5, 0.6) is 0 Å². The van der Waals surface area contributed by atoms with Crippen LogP contribution in [0.25, 0.3) is 10.1 Å². The number of carbonyl (C=O) groups excluding carboxylic acids is 2. The van der Waals surface area contributed by atoms with Crippen molar-refractivity contribution in [2.75, 3.05) is 6.54 Å². The highest BCUT2D eigenvalue weighted by Crippen LogP contribution is 2.46. The van der Waals surface area contributed by atoms with Crippen molar-refractivity contribution in [3.63, 3.8) is 0 Å². The minimum Gasteiger partial charge on any atom is -0.393 e. The Morgan fingerprint density at radius 3 is 2.80 bits per heavy atom. The molecule has 1 fully saturated rings. The number of fused-ring (bicyclic) bond motifs is 1. The van der Waals surface area contributed by atoms with Crippen LogP contribution in [0.1, 0.15) is 64.2 Å². The number of allylic oxidation sites excluding steroid dienone is 2. The summed E-state index contributed by atoms with van der Waals surface area (Å²) in [5, 5.41) is 22.9. The highest BCUT2D eigenvalue weighted by atomic mass is 32.1. The molecule has 35 heavy (non-hydrogen) atoms. The molecule has 6 nitrogen and oxygen atoms in total. The molecule has 1 heterocycles. The number of unbranched alkanes of at least 4 members (excludes halogenated alkanes) is 1. The minimum absolute atomic E-state index is 0.0906. The molecule has 192 valence electrons. The molecule has 0 radical (unpaired) electrons. The van der Waals surface area contributed by atoms with Crippen molar-refractivity contribution < 1.29 is 24.6 Å². The lowest BCUT2D eigenvalue weighted by atomic mass is 9.85. The summed E-state index contributed by atoms with van der Waals surface area (Å²) in [5.41, 5.74) is 1.77. The third kappa shape index (κ3) is 7.23. The van der Waals surface area contributed by atoms with Crippen LogP contribution in [0.4, 0.5) is 0 Å². The summed E-state index contributed by atoms with van der Waals surface area (Å²) in [6, 6.07) is 10.3. The van der Waals surface area contributed by atoms with Crippen LogP contribution in [0, 0.1) is 17.3 Å². The van der Waals surface area contributed by atoms with Crippen LogP contribution in [-0.2, 0) is 20.8 Å². The smallest absolute Gasteiger partial charge is 0.324 e. The van der Waals surface area contributed by atoms with Gasteiger partial charge in [0, 0.05) is 40.3 Å². The SMILES string of the molecule is CCNOC(=O)CCCC=CC[C@H]1C(=O)C(C)(C)[C@@H](O)[C@@H]1CCC(O)Cc1cc2ccccc2s1. The maximum absolute atomic E-state index is 13.1. The lowest BCUT2D eigenvalue weighted by Gasteiger charge is -2.25. The van der Waals surface area contributed by atoms with E-state index in [0.29, 0.717) is 45.1 Å². The van der Waals surface area contributed by atoms with Gasteiger partial charge in [-0.1, -0.05) is 44.2 Å². The molecule has 1 aliphatic carbocycles. The monoisotopic (exact) mass is 501 g/mol. The normalized spacial score (nSPS) is 22.8. The number of hydroxylamine groups is 1. The van der Waals surface area contributed by atoms with E-state index in [9.17, 15) is 19.8 Å². The Kier molecular flexibility index (Phi) is 10.0. The lowest BCUT2D eigenvalue weighted by Crippen LogP contribution is -2.32. The number of aliphatic hydroxyl groups is 2. The highest BCUT2D eigenvalue weighted by molar-refractivity contribution is 7.19. The van der Waals surface area contributed by atoms with Gasteiger partial charge in [-0.2, -0.15) is 5.48 Å². The van der Waals surface area contributed by atoms with Crippen molar-refractivity contribution in [3.05, 3.63) is 47.4 Å². The van der Waals surface area contributed by atoms with Crippen LogP contribution in [-0.4, -0.2) is 40.7 Å². The quantitative estimate of drug-likeness (QED) is 0.204. The zero-order chi connectivity index (χ0) is 25.4. The van der Waals surface area contributed by atoms with Gasteiger partial charge >= 0.3 is 5.97 Å². The fourth-order valence-electron chi connectivity index (χ4n) is 5.00. The number of nitrogens with one attached hydrogen (secondary N) is 1. The number of carbonyl (C=O) groups is 2. The molecule has 1 aliphatic rings. The number of aliphatic hydroxyl groups excluding tert-OH is 2. The number of hydrogen-bond acceptors (Lipinski definition) is 7. The second-order valence-electron chi connectivity index (χ2n) is 10.1. The first-order valence-electron chi connectivity index (χ1n) is 12.7. The van der Waals surface area contributed by atoms with Crippen molar-refractivity contribution in [2.24, 2.45) is 17.3 Å². The molecule has 3 N–H and O–H groups in total. The molecule has 0 spiro atoms. The molecule has 2 aromatic rings. The highest BCUT2D eigenvalue weighted by Gasteiger charge is 2.53. The fourth-order valence-corrected chi connectivity index (χ4v) is 6.13. The molecule has 0 bridgehead atoms. The zero-order valence-electron chi connectivity index (χ0n) is 21.0. The summed E-state index contributed by atoms with van der Waals surface area (Å²) in [4.78, 5) is 30.6. The predicted molar refractivity (Wildman–Crippen MR) is 140 cm³/mol. The molecule has 0 aliphatic heterocycles. The van der Waals surface area contributed by atoms with E-state index in [0.717, 1.165) is 11.3 Å². The largest absolute Gasteiger partial charge is 0.393 e. The Morgan fingerprint density at radius 1 is 1.29 bits per heavy atom. The first-order chi connectivity index (χ1) is 16.7. The van der Waals surface area contributed by atoms with Crippen LogP contribution in [0.3, 0.4) is 0 Å². The average Bonchev–Trinajstić information content (AvgIpc) is 3.30. The number of rotatable bonds is 13. The van der Waals surface area contributed by atoms with Gasteiger partial charge in [-0.3, -0.25) is 9.59 Å². The van der Waals surface area contributed by atoms with Crippen molar-refractivity contribution in [3.8, 4) is 0 Å². The maximum atomic E-state index is 13.1. The van der Waals surface area contributed by atoms with Gasteiger partial charge in [0.1, 0.15) is 5.78 Å². The minimum atomic E-state index is -0.782. The van der Waals surface area contributed by atoms with Crippen molar-refractivity contribution in [1.82, 2.24) is 5.48 Å². The predicted octanol–water partition coefficient (Wildman–Crippen LogP) is 4.97. The number of Topliss-reactive ketones (excluding diaryl/α,β-unsaturated/α-hetero) is 1. The Morgan fingerprint density at radius 2 is 2.06 bits per heavy atom. The maximum Gasteiger partial charge on any atom is 0.324 e. The fraction of sp³-hybridized carbons (Fsp3) is 0.571. The topological polar surface area (TPSA) is 95.9 Å². The second kappa shape index (κ2) is 12.8. The van der Waals surface area contributed by atoms with E-state index in [2.05, 4.69) is 23.7 Å². The summed E-state index contributed by atoms with van der Waals surface area (Å²) in [6.45, 7) is 6.07. The van der Waals surface area contributed by atoms with Gasteiger partial charge in [0.15, 0.2) is 0 Å². The Hall–Kier alpha value is -2.06. The van der Waals surface area contributed by atoms with E-state index < -0.39 is 17.6 Å². The molecule has 7 heteroatoms.